The van der Waals surface area contributed by atoms with Crippen LogP contribution in [0.2, 0.25) is 0 Å². The van der Waals surface area contributed by atoms with Crippen molar-refractivity contribution in [3.05, 3.63) is 11.6 Å². The van der Waals surface area contributed by atoms with E-state index < -0.39 is 11.9 Å². The normalized spacial score (nSPS) is 11.0. The molecule has 0 aliphatic rings. The lowest BCUT2D eigenvalue weighted by Crippen LogP contribution is -2.41. The monoisotopic (exact) mass is 254 g/mol. The third-order valence-electron chi connectivity index (χ3n) is 2.43. The molecule has 1 amide bonds. The van der Waals surface area contributed by atoms with Gasteiger partial charge in [-0.2, -0.15) is 0 Å². The highest BCUT2D eigenvalue weighted by atomic mass is 16.4. The van der Waals surface area contributed by atoms with Gasteiger partial charge in [-0.05, 0) is 13.8 Å². The smallest absolute Gasteiger partial charge is 0.323 e. The number of amides is 1. The molecule has 100 valence electrons. The zero-order valence-electron chi connectivity index (χ0n) is 11.0. The summed E-state index contributed by atoms with van der Waals surface area (Å²) in [6.07, 6.45) is 0. The Bertz CT molecular complexity index is 439. The maximum Gasteiger partial charge on any atom is 0.323 e. The molecular formula is C11H18N4O3. The Hall–Kier alpha value is -1.92. The van der Waals surface area contributed by atoms with E-state index >= 15 is 0 Å². The van der Waals surface area contributed by atoms with Crippen LogP contribution in [0.1, 0.15) is 50.1 Å². The summed E-state index contributed by atoms with van der Waals surface area (Å²) in [5.41, 5.74) is 0. The van der Waals surface area contributed by atoms with Gasteiger partial charge in [0.1, 0.15) is 12.4 Å². The number of hydrogen-bond donors (Lipinski definition) is 2. The van der Waals surface area contributed by atoms with Crippen LogP contribution in [0.15, 0.2) is 0 Å². The van der Waals surface area contributed by atoms with Gasteiger partial charge >= 0.3 is 5.97 Å². The predicted molar refractivity (Wildman–Crippen MR) is 64.3 cm³/mol. The highest BCUT2D eigenvalue weighted by molar-refractivity contribution is 5.92. The molecule has 7 heteroatoms. The first kappa shape index (κ1) is 14.1. The summed E-state index contributed by atoms with van der Waals surface area (Å²) in [4.78, 5) is 28.1. The molecule has 0 bridgehead atoms. The fourth-order valence-electron chi connectivity index (χ4n) is 1.39. The van der Waals surface area contributed by atoms with Crippen molar-refractivity contribution >= 4 is 11.9 Å². The van der Waals surface area contributed by atoms with Crippen molar-refractivity contribution in [2.75, 3.05) is 6.54 Å². The van der Waals surface area contributed by atoms with Crippen molar-refractivity contribution in [2.24, 2.45) is 0 Å². The highest BCUT2D eigenvalue weighted by Crippen LogP contribution is 2.10. The maximum absolute atomic E-state index is 12.1. The third kappa shape index (κ3) is 3.28. The van der Waals surface area contributed by atoms with E-state index in [0.29, 0.717) is 5.82 Å². The molecule has 1 heterocycles. The van der Waals surface area contributed by atoms with E-state index in [4.69, 9.17) is 5.11 Å². The summed E-state index contributed by atoms with van der Waals surface area (Å²) < 4.78 is 0. The number of aromatic nitrogens is 3. The van der Waals surface area contributed by atoms with E-state index in [0.717, 1.165) is 0 Å². The molecule has 0 unspecified atom stereocenters. The zero-order chi connectivity index (χ0) is 13.9. The standard InChI is InChI=1S/C11H18N4O3/c1-6(2)9-12-10(14-13-9)11(18)15(7(3)4)5-8(16)17/h6-7H,5H2,1-4H3,(H,16,17)(H,12,13,14). The van der Waals surface area contributed by atoms with Crippen molar-refractivity contribution in [1.82, 2.24) is 20.1 Å². The lowest BCUT2D eigenvalue weighted by Gasteiger charge is -2.23. The molecule has 1 aromatic heterocycles. The Morgan fingerprint density at radius 2 is 1.94 bits per heavy atom. The van der Waals surface area contributed by atoms with Crippen molar-refractivity contribution in [3.8, 4) is 0 Å². The second-order valence-corrected chi connectivity index (χ2v) is 4.62. The first-order valence-corrected chi connectivity index (χ1v) is 5.78. The van der Waals surface area contributed by atoms with Gasteiger partial charge in [-0.25, -0.2) is 4.98 Å². The van der Waals surface area contributed by atoms with Crippen LogP contribution in [0, 0.1) is 0 Å². The Kier molecular flexibility index (Phi) is 4.41. The van der Waals surface area contributed by atoms with Gasteiger partial charge in [0.25, 0.3) is 5.91 Å². The van der Waals surface area contributed by atoms with Gasteiger partial charge in [0.05, 0.1) is 0 Å². The average Bonchev–Trinajstić information content (AvgIpc) is 2.73. The van der Waals surface area contributed by atoms with Crippen LogP contribution in [0.5, 0.6) is 0 Å². The van der Waals surface area contributed by atoms with E-state index in [1.54, 1.807) is 13.8 Å². The lowest BCUT2D eigenvalue weighted by molar-refractivity contribution is -0.138. The van der Waals surface area contributed by atoms with Crippen LogP contribution in [0.25, 0.3) is 0 Å². The van der Waals surface area contributed by atoms with E-state index in [9.17, 15) is 9.59 Å². The van der Waals surface area contributed by atoms with Crippen LogP contribution < -0.4 is 0 Å². The van der Waals surface area contributed by atoms with E-state index in [2.05, 4.69) is 15.2 Å². The Balaban J connectivity index is 2.91. The summed E-state index contributed by atoms with van der Waals surface area (Å²) in [5.74, 6) is -0.788. The second kappa shape index (κ2) is 5.61. The quantitative estimate of drug-likeness (QED) is 0.812. The fraction of sp³-hybridized carbons (Fsp3) is 0.636. The SMILES string of the molecule is CC(C)c1nc(C(=O)N(CC(=O)O)C(C)C)n[nH]1. The van der Waals surface area contributed by atoms with Crippen LogP contribution in [-0.4, -0.2) is 49.7 Å². The highest BCUT2D eigenvalue weighted by Gasteiger charge is 2.24. The molecule has 0 spiro atoms. The number of carbonyl (C=O) groups is 2. The molecule has 0 aromatic carbocycles. The number of carbonyl (C=O) groups excluding carboxylic acids is 1. The van der Waals surface area contributed by atoms with E-state index in [1.807, 2.05) is 13.8 Å². The number of carboxylic acid groups (broad SMARTS) is 1. The molecule has 0 fully saturated rings. The third-order valence-corrected chi connectivity index (χ3v) is 2.43. The van der Waals surface area contributed by atoms with Gasteiger partial charge in [-0.15, -0.1) is 5.10 Å². The molecule has 0 saturated carbocycles. The summed E-state index contributed by atoms with van der Waals surface area (Å²) in [6, 6.07) is -0.227. The van der Waals surface area contributed by atoms with Gasteiger partial charge in [-0.3, -0.25) is 14.7 Å². The molecule has 0 aliphatic carbocycles. The first-order chi connectivity index (χ1) is 8.32. The molecule has 1 aromatic rings. The zero-order valence-corrected chi connectivity index (χ0v) is 11.0. The number of aliphatic carboxylic acids is 1. The van der Waals surface area contributed by atoms with Gasteiger partial charge in [-0.1, -0.05) is 13.8 Å². The minimum Gasteiger partial charge on any atom is -0.480 e. The van der Waals surface area contributed by atoms with Crippen LogP contribution in [-0.2, 0) is 4.79 Å². The number of hydrogen-bond acceptors (Lipinski definition) is 4. The van der Waals surface area contributed by atoms with Gasteiger partial charge in [0.2, 0.25) is 5.82 Å². The molecule has 0 saturated heterocycles. The van der Waals surface area contributed by atoms with Crippen LogP contribution in [0.4, 0.5) is 0 Å². The summed E-state index contributed by atoms with van der Waals surface area (Å²) in [5, 5.41) is 15.3. The number of aromatic amines is 1. The van der Waals surface area contributed by atoms with Gasteiger partial charge in [0, 0.05) is 12.0 Å². The Morgan fingerprint density at radius 3 is 2.33 bits per heavy atom. The molecule has 18 heavy (non-hydrogen) atoms. The van der Waals surface area contributed by atoms with Crippen molar-refractivity contribution < 1.29 is 14.7 Å². The molecule has 0 aliphatic heterocycles. The van der Waals surface area contributed by atoms with Crippen molar-refractivity contribution in [2.45, 2.75) is 39.7 Å². The fourth-order valence-corrected chi connectivity index (χ4v) is 1.39. The molecular weight excluding hydrogens is 236 g/mol. The maximum atomic E-state index is 12.1. The number of carboxylic acids is 1. The second-order valence-electron chi connectivity index (χ2n) is 4.62. The minimum atomic E-state index is -1.06. The summed E-state index contributed by atoms with van der Waals surface area (Å²) in [6.45, 7) is 6.98. The van der Waals surface area contributed by atoms with Gasteiger partial charge in [0.15, 0.2) is 0 Å². The average molecular weight is 254 g/mol. The van der Waals surface area contributed by atoms with Crippen LogP contribution >= 0.6 is 0 Å². The number of H-pyrrole nitrogens is 1. The molecule has 0 radical (unpaired) electrons. The Labute approximate surface area is 105 Å². The molecule has 0 atom stereocenters. The number of rotatable bonds is 5. The topological polar surface area (TPSA) is 99.2 Å². The number of nitrogens with zero attached hydrogens (tertiary/aromatic N) is 3. The lowest BCUT2D eigenvalue weighted by atomic mass is 10.2. The van der Waals surface area contributed by atoms with Crippen molar-refractivity contribution in [1.29, 1.82) is 0 Å². The largest absolute Gasteiger partial charge is 0.480 e. The van der Waals surface area contributed by atoms with Crippen molar-refractivity contribution in [3.63, 3.8) is 0 Å². The molecule has 1 rings (SSSR count). The Morgan fingerprint density at radius 1 is 1.33 bits per heavy atom. The number of nitrogens with one attached hydrogen (secondary N) is 1. The van der Waals surface area contributed by atoms with Gasteiger partial charge < -0.3 is 10.0 Å². The van der Waals surface area contributed by atoms with E-state index in [-0.39, 0.29) is 24.3 Å². The first-order valence-electron chi connectivity index (χ1n) is 5.78. The molecule has 2 N–H and O–H groups in total. The van der Waals surface area contributed by atoms with E-state index in [1.165, 1.54) is 4.90 Å². The molecule has 7 nitrogen and oxygen atoms in total. The summed E-state index contributed by atoms with van der Waals surface area (Å²) >= 11 is 0. The minimum absolute atomic E-state index is 0.00801. The summed E-state index contributed by atoms with van der Waals surface area (Å²) in [7, 11) is 0. The predicted octanol–water partition coefficient (Wildman–Crippen LogP) is 0.863. The van der Waals surface area contributed by atoms with Crippen LogP contribution in [0.3, 0.4) is 0 Å².